The average molecular weight is 409 g/mol. The number of morpholine rings is 2. The Hall–Kier alpha value is -1.75. The van der Waals surface area contributed by atoms with Crippen LogP contribution in [0, 0.1) is 0 Å². The average Bonchev–Trinajstić information content (AvgIpc) is 3.27. The van der Waals surface area contributed by atoms with Crippen LogP contribution in [0.25, 0.3) is 0 Å². The molecule has 0 spiro atoms. The van der Waals surface area contributed by atoms with E-state index in [4.69, 9.17) is 36.4 Å². The first kappa shape index (κ1) is 19.6. The molecule has 1 atom stereocenters. The zero-order valence-corrected chi connectivity index (χ0v) is 16.9. The maximum Gasteiger partial charge on any atom is 0.232 e. The lowest BCUT2D eigenvalue weighted by Crippen LogP contribution is -2.39. The van der Waals surface area contributed by atoms with Gasteiger partial charge in [0.2, 0.25) is 5.95 Å². The topological polar surface area (TPSA) is 84.0 Å². The fraction of sp³-hybridized carbons (Fsp3) is 0.722. The van der Waals surface area contributed by atoms with Crippen LogP contribution in [0.1, 0.15) is 12.8 Å². The number of nitrogens with zero attached hydrogens (tertiary/aromatic N) is 4. The molecule has 4 rings (SSSR count). The highest BCUT2D eigenvalue weighted by Crippen LogP contribution is 2.23. The molecule has 10 heteroatoms. The molecular weight excluding hydrogens is 380 g/mol. The van der Waals surface area contributed by atoms with Gasteiger partial charge in [0, 0.05) is 45.4 Å². The number of nitrogens with one attached hydrogen (secondary N) is 2. The van der Waals surface area contributed by atoms with Crippen LogP contribution in [0.5, 0.6) is 0 Å². The van der Waals surface area contributed by atoms with Gasteiger partial charge in [0.15, 0.2) is 5.11 Å². The summed E-state index contributed by atoms with van der Waals surface area (Å²) in [5, 5.41) is 6.89. The Morgan fingerprint density at radius 2 is 1.61 bits per heavy atom. The third-order valence-corrected chi connectivity index (χ3v) is 5.36. The van der Waals surface area contributed by atoms with Crippen molar-refractivity contribution in [2.24, 2.45) is 0 Å². The molecule has 0 bridgehead atoms. The zero-order valence-electron chi connectivity index (χ0n) is 16.1. The van der Waals surface area contributed by atoms with Crippen molar-refractivity contribution in [2.45, 2.75) is 18.9 Å². The smallest absolute Gasteiger partial charge is 0.232 e. The van der Waals surface area contributed by atoms with Gasteiger partial charge in [0.05, 0.1) is 32.5 Å². The molecular formula is C18H28N6O3S. The van der Waals surface area contributed by atoms with Crippen molar-refractivity contribution in [3.8, 4) is 0 Å². The molecule has 0 saturated carbocycles. The van der Waals surface area contributed by atoms with Crippen LogP contribution < -0.4 is 20.4 Å². The lowest BCUT2D eigenvalue weighted by Gasteiger charge is -2.31. The molecule has 154 valence electrons. The second-order valence-corrected chi connectivity index (χ2v) is 7.49. The Kier molecular flexibility index (Phi) is 6.73. The lowest BCUT2D eigenvalue weighted by atomic mass is 10.2. The second-order valence-electron chi connectivity index (χ2n) is 7.08. The van der Waals surface area contributed by atoms with E-state index in [2.05, 4.69) is 20.4 Å². The molecule has 2 N–H and O–H groups in total. The number of hydrogen-bond donors (Lipinski definition) is 2. The quantitative estimate of drug-likeness (QED) is 0.676. The Morgan fingerprint density at radius 1 is 1.00 bits per heavy atom. The lowest BCUT2D eigenvalue weighted by molar-refractivity contribution is 0.114. The highest BCUT2D eigenvalue weighted by Gasteiger charge is 2.20. The highest BCUT2D eigenvalue weighted by molar-refractivity contribution is 7.80. The first-order chi connectivity index (χ1) is 13.8. The van der Waals surface area contributed by atoms with Gasteiger partial charge in [-0.3, -0.25) is 0 Å². The van der Waals surface area contributed by atoms with E-state index in [-0.39, 0.29) is 6.10 Å². The molecule has 0 aromatic carbocycles. The summed E-state index contributed by atoms with van der Waals surface area (Å²) in [4.78, 5) is 13.9. The third kappa shape index (κ3) is 5.19. The second kappa shape index (κ2) is 9.64. The van der Waals surface area contributed by atoms with E-state index in [1.807, 2.05) is 6.07 Å². The molecule has 1 aromatic heterocycles. The van der Waals surface area contributed by atoms with Crippen LogP contribution in [0.15, 0.2) is 6.07 Å². The Labute approximate surface area is 170 Å². The van der Waals surface area contributed by atoms with Crippen molar-refractivity contribution in [1.29, 1.82) is 0 Å². The minimum Gasteiger partial charge on any atom is -0.378 e. The van der Waals surface area contributed by atoms with Crippen molar-refractivity contribution in [2.75, 3.05) is 80.9 Å². The first-order valence-electron chi connectivity index (χ1n) is 9.99. The monoisotopic (exact) mass is 408 g/mol. The third-order valence-electron chi connectivity index (χ3n) is 5.11. The maximum atomic E-state index is 5.63. The summed E-state index contributed by atoms with van der Waals surface area (Å²) in [5.41, 5.74) is 0. The van der Waals surface area contributed by atoms with E-state index < -0.39 is 0 Å². The molecule has 1 unspecified atom stereocenters. The summed E-state index contributed by atoms with van der Waals surface area (Å²) < 4.78 is 16.6. The van der Waals surface area contributed by atoms with Gasteiger partial charge in [0.25, 0.3) is 0 Å². The number of hydrogen-bond acceptors (Lipinski definition) is 8. The molecule has 3 fully saturated rings. The summed E-state index contributed by atoms with van der Waals surface area (Å²) in [7, 11) is 0. The summed E-state index contributed by atoms with van der Waals surface area (Å²) in [6.07, 6.45) is 2.41. The van der Waals surface area contributed by atoms with Gasteiger partial charge >= 0.3 is 0 Å². The Bertz CT molecular complexity index is 624. The molecule has 3 aliphatic heterocycles. The molecule has 9 nitrogen and oxygen atoms in total. The van der Waals surface area contributed by atoms with Crippen molar-refractivity contribution < 1.29 is 14.2 Å². The van der Waals surface area contributed by atoms with Crippen LogP contribution in [-0.4, -0.2) is 86.9 Å². The SMILES string of the molecule is S=C(NCC1CCCO1)Nc1nc(N2CCOCC2)cc(N2CCOCC2)n1. The number of anilines is 3. The summed E-state index contributed by atoms with van der Waals surface area (Å²) in [6, 6.07) is 2.05. The fourth-order valence-corrected chi connectivity index (χ4v) is 3.72. The minimum absolute atomic E-state index is 0.226. The van der Waals surface area contributed by atoms with Gasteiger partial charge in [-0.05, 0) is 25.1 Å². The van der Waals surface area contributed by atoms with Crippen LogP contribution in [0.2, 0.25) is 0 Å². The van der Waals surface area contributed by atoms with Gasteiger partial charge < -0.3 is 34.6 Å². The molecule has 0 radical (unpaired) electrons. The normalized spacial score (nSPS) is 22.9. The maximum absolute atomic E-state index is 5.63. The van der Waals surface area contributed by atoms with E-state index in [9.17, 15) is 0 Å². The van der Waals surface area contributed by atoms with Crippen molar-refractivity contribution >= 4 is 34.9 Å². The Balaban J connectivity index is 1.46. The zero-order chi connectivity index (χ0) is 19.2. The number of aromatic nitrogens is 2. The fourth-order valence-electron chi connectivity index (χ4n) is 3.54. The van der Waals surface area contributed by atoms with Crippen LogP contribution in [-0.2, 0) is 14.2 Å². The largest absolute Gasteiger partial charge is 0.378 e. The van der Waals surface area contributed by atoms with Gasteiger partial charge in [0.1, 0.15) is 11.6 Å². The number of ether oxygens (including phenoxy) is 3. The molecule has 0 aliphatic carbocycles. The van der Waals surface area contributed by atoms with E-state index >= 15 is 0 Å². The van der Waals surface area contributed by atoms with E-state index in [0.29, 0.717) is 44.0 Å². The highest BCUT2D eigenvalue weighted by atomic mass is 32.1. The van der Waals surface area contributed by atoms with Crippen molar-refractivity contribution in [1.82, 2.24) is 15.3 Å². The van der Waals surface area contributed by atoms with Crippen molar-refractivity contribution in [3.05, 3.63) is 6.07 Å². The van der Waals surface area contributed by atoms with Crippen LogP contribution in [0.4, 0.5) is 17.6 Å². The van der Waals surface area contributed by atoms with Gasteiger partial charge in [-0.15, -0.1) is 0 Å². The molecule has 3 aliphatic rings. The van der Waals surface area contributed by atoms with Gasteiger partial charge in [-0.25, -0.2) is 0 Å². The van der Waals surface area contributed by atoms with Crippen LogP contribution in [0.3, 0.4) is 0 Å². The number of thiocarbonyl (C=S) groups is 1. The molecule has 3 saturated heterocycles. The van der Waals surface area contributed by atoms with E-state index in [1.54, 1.807) is 0 Å². The minimum atomic E-state index is 0.226. The van der Waals surface area contributed by atoms with E-state index in [0.717, 1.165) is 57.3 Å². The van der Waals surface area contributed by atoms with Crippen LogP contribution >= 0.6 is 12.2 Å². The first-order valence-corrected chi connectivity index (χ1v) is 10.4. The standard InChI is InChI=1S/C18H28N6O3S/c28-18(19-13-14-2-1-7-27-14)22-17-20-15(23-3-8-25-9-4-23)12-16(21-17)24-5-10-26-11-6-24/h12,14H,1-11,13H2,(H2,19,20,21,22,28). The number of rotatable bonds is 5. The molecule has 28 heavy (non-hydrogen) atoms. The summed E-state index contributed by atoms with van der Waals surface area (Å²) in [6.45, 7) is 7.65. The summed E-state index contributed by atoms with van der Waals surface area (Å²) >= 11 is 5.45. The summed E-state index contributed by atoms with van der Waals surface area (Å²) in [5.74, 6) is 2.30. The van der Waals surface area contributed by atoms with Crippen molar-refractivity contribution in [3.63, 3.8) is 0 Å². The van der Waals surface area contributed by atoms with Gasteiger partial charge in [-0.1, -0.05) is 0 Å². The Morgan fingerprint density at radius 3 is 2.14 bits per heavy atom. The molecule has 1 aromatic rings. The molecule has 4 heterocycles. The van der Waals surface area contributed by atoms with Gasteiger partial charge in [-0.2, -0.15) is 9.97 Å². The van der Waals surface area contributed by atoms with E-state index in [1.165, 1.54) is 0 Å². The molecule has 0 amide bonds. The predicted molar refractivity (Wildman–Crippen MR) is 111 cm³/mol. The predicted octanol–water partition coefficient (Wildman–Crippen LogP) is 0.615.